The summed E-state index contributed by atoms with van der Waals surface area (Å²) in [7, 11) is 0. The topological polar surface area (TPSA) is 72.2 Å². The first-order valence-electron chi connectivity index (χ1n) is 5.87. The van der Waals surface area contributed by atoms with Crippen LogP contribution in [0.3, 0.4) is 0 Å². The molecular formula is C14H14N2O3. The minimum Gasteiger partial charge on any atom is -0.481 e. The van der Waals surface area contributed by atoms with Crippen LogP contribution in [0.2, 0.25) is 0 Å². The van der Waals surface area contributed by atoms with Crippen molar-refractivity contribution in [1.82, 2.24) is 9.78 Å². The van der Waals surface area contributed by atoms with Gasteiger partial charge in [0.2, 0.25) is 0 Å². The second-order valence-electron chi connectivity index (χ2n) is 4.37. The van der Waals surface area contributed by atoms with Gasteiger partial charge in [-0.05, 0) is 18.1 Å². The normalized spacial score (nSPS) is 10.4. The number of hydrogen-bond acceptors (Lipinski definition) is 3. The Balaban J connectivity index is 2.10. The summed E-state index contributed by atoms with van der Waals surface area (Å²) in [6.45, 7) is 2.35. The maximum Gasteiger partial charge on any atom is 0.307 e. The average molecular weight is 258 g/mol. The second-order valence-corrected chi connectivity index (χ2v) is 4.37. The zero-order valence-corrected chi connectivity index (χ0v) is 10.5. The lowest BCUT2D eigenvalue weighted by Crippen LogP contribution is -2.02. The van der Waals surface area contributed by atoms with Crippen molar-refractivity contribution in [3.63, 3.8) is 0 Å². The fraction of sp³-hybridized carbons (Fsp3) is 0.214. The Morgan fingerprint density at radius 3 is 2.47 bits per heavy atom. The van der Waals surface area contributed by atoms with Crippen LogP contribution in [0.25, 0.3) is 0 Å². The van der Waals surface area contributed by atoms with Crippen LogP contribution in [0.5, 0.6) is 0 Å². The van der Waals surface area contributed by atoms with E-state index < -0.39 is 5.97 Å². The van der Waals surface area contributed by atoms with Gasteiger partial charge in [0.15, 0.2) is 6.29 Å². The smallest absolute Gasteiger partial charge is 0.307 e. The molecule has 0 saturated heterocycles. The molecule has 2 aromatic rings. The quantitative estimate of drug-likeness (QED) is 0.828. The Morgan fingerprint density at radius 2 is 1.95 bits per heavy atom. The number of carboxylic acids is 1. The molecule has 98 valence electrons. The number of aliphatic carboxylic acids is 1. The van der Waals surface area contributed by atoms with E-state index in [-0.39, 0.29) is 6.42 Å². The van der Waals surface area contributed by atoms with Gasteiger partial charge in [0, 0.05) is 6.20 Å². The van der Waals surface area contributed by atoms with Crippen molar-refractivity contribution in [3.05, 3.63) is 52.8 Å². The zero-order valence-electron chi connectivity index (χ0n) is 10.5. The number of aromatic nitrogens is 2. The fourth-order valence-corrected chi connectivity index (χ4v) is 1.85. The molecule has 0 bridgehead atoms. The van der Waals surface area contributed by atoms with Gasteiger partial charge in [0.05, 0.1) is 24.2 Å². The molecule has 5 heteroatoms. The molecule has 1 aromatic heterocycles. The molecule has 0 radical (unpaired) electrons. The van der Waals surface area contributed by atoms with E-state index in [0.717, 1.165) is 17.4 Å². The summed E-state index contributed by atoms with van der Waals surface area (Å²) in [6, 6.07) is 7.33. The molecule has 0 spiro atoms. The monoisotopic (exact) mass is 258 g/mol. The summed E-state index contributed by atoms with van der Waals surface area (Å²) in [5, 5.41) is 12.9. The largest absolute Gasteiger partial charge is 0.481 e. The highest BCUT2D eigenvalue weighted by atomic mass is 16.4. The van der Waals surface area contributed by atoms with Crippen LogP contribution >= 0.6 is 0 Å². The van der Waals surface area contributed by atoms with Crippen LogP contribution in [0.4, 0.5) is 0 Å². The van der Waals surface area contributed by atoms with Crippen molar-refractivity contribution >= 4 is 12.3 Å². The molecule has 0 saturated carbocycles. The summed E-state index contributed by atoms with van der Waals surface area (Å²) in [5.74, 6) is -0.842. The van der Waals surface area contributed by atoms with Gasteiger partial charge in [-0.1, -0.05) is 24.3 Å². The fourth-order valence-electron chi connectivity index (χ4n) is 1.85. The molecule has 2 rings (SSSR count). The summed E-state index contributed by atoms with van der Waals surface area (Å²) in [6.07, 6.45) is 2.51. The maximum absolute atomic E-state index is 10.7. The van der Waals surface area contributed by atoms with E-state index in [2.05, 4.69) is 5.10 Å². The van der Waals surface area contributed by atoms with Gasteiger partial charge in [-0.2, -0.15) is 5.10 Å². The van der Waals surface area contributed by atoms with E-state index in [1.165, 1.54) is 0 Å². The third-order valence-electron chi connectivity index (χ3n) is 2.83. The van der Waals surface area contributed by atoms with Gasteiger partial charge < -0.3 is 5.11 Å². The molecule has 0 fully saturated rings. The number of hydrogen-bond donors (Lipinski definition) is 1. The highest BCUT2D eigenvalue weighted by molar-refractivity contribution is 5.75. The Hall–Kier alpha value is -2.43. The minimum atomic E-state index is -0.842. The Labute approximate surface area is 110 Å². The van der Waals surface area contributed by atoms with Gasteiger partial charge in [-0.25, -0.2) is 0 Å². The molecule has 0 atom stereocenters. The van der Waals surface area contributed by atoms with E-state index in [4.69, 9.17) is 5.11 Å². The highest BCUT2D eigenvalue weighted by Gasteiger charge is 2.05. The predicted octanol–water partition coefficient (Wildman–Crippen LogP) is 1.68. The zero-order chi connectivity index (χ0) is 13.8. The van der Waals surface area contributed by atoms with Crippen molar-refractivity contribution < 1.29 is 14.7 Å². The van der Waals surface area contributed by atoms with Crippen molar-refractivity contribution in [3.8, 4) is 0 Å². The van der Waals surface area contributed by atoms with Crippen LogP contribution in [0, 0.1) is 6.92 Å². The number of aryl methyl sites for hydroxylation is 1. The van der Waals surface area contributed by atoms with E-state index >= 15 is 0 Å². The molecule has 0 aliphatic rings. The first-order chi connectivity index (χ1) is 9.08. The molecule has 0 unspecified atom stereocenters. The lowest BCUT2D eigenvalue weighted by molar-refractivity contribution is -0.136. The number of benzene rings is 1. The highest BCUT2D eigenvalue weighted by Crippen LogP contribution is 2.09. The standard InChI is InChI=1S/C14H14N2O3/c1-10-13(9-17)8-16(15-10)7-12-4-2-11(3-5-12)6-14(18)19/h2-5,8-9H,6-7H2,1H3,(H,18,19). The van der Waals surface area contributed by atoms with Crippen molar-refractivity contribution in [2.24, 2.45) is 0 Å². The van der Waals surface area contributed by atoms with Gasteiger partial charge in [0.1, 0.15) is 0 Å². The SMILES string of the molecule is Cc1nn(Cc2ccc(CC(=O)O)cc2)cc1C=O. The van der Waals surface area contributed by atoms with E-state index in [9.17, 15) is 9.59 Å². The number of carbonyl (C=O) groups excluding carboxylic acids is 1. The van der Waals surface area contributed by atoms with Gasteiger partial charge in [0.25, 0.3) is 0 Å². The molecule has 19 heavy (non-hydrogen) atoms. The summed E-state index contributed by atoms with van der Waals surface area (Å²) >= 11 is 0. The molecule has 0 amide bonds. The average Bonchev–Trinajstić information content (AvgIpc) is 2.71. The number of carbonyl (C=O) groups is 2. The molecule has 1 heterocycles. The molecule has 0 aliphatic heterocycles. The lowest BCUT2D eigenvalue weighted by atomic mass is 10.1. The summed E-state index contributed by atoms with van der Waals surface area (Å²) in [4.78, 5) is 21.3. The third kappa shape index (κ3) is 3.28. The van der Waals surface area contributed by atoms with Gasteiger partial charge >= 0.3 is 5.97 Å². The minimum absolute atomic E-state index is 0.0243. The Morgan fingerprint density at radius 1 is 1.32 bits per heavy atom. The van der Waals surface area contributed by atoms with Gasteiger partial charge in [-0.3, -0.25) is 14.3 Å². The van der Waals surface area contributed by atoms with E-state index in [1.54, 1.807) is 29.9 Å². The molecule has 0 aliphatic carbocycles. The molecule has 1 N–H and O–H groups in total. The molecular weight excluding hydrogens is 244 g/mol. The summed E-state index contributed by atoms with van der Waals surface area (Å²) < 4.78 is 1.70. The predicted molar refractivity (Wildman–Crippen MR) is 69.2 cm³/mol. The number of aldehydes is 1. The first-order valence-corrected chi connectivity index (χ1v) is 5.87. The van der Waals surface area contributed by atoms with Crippen LogP contribution < -0.4 is 0 Å². The first kappa shape index (κ1) is 13.0. The third-order valence-corrected chi connectivity index (χ3v) is 2.83. The lowest BCUT2D eigenvalue weighted by Gasteiger charge is -2.03. The van der Waals surface area contributed by atoms with Crippen molar-refractivity contribution in [2.45, 2.75) is 19.9 Å². The van der Waals surface area contributed by atoms with Crippen molar-refractivity contribution in [1.29, 1.82) is 0 Å². The number of carboxylic acid groups (broad SMARTS) is 1. The Bertz CT molecular complexity index is 600. The molecule has 5 nitrogen and oxygen atoms in total. The van der Waals surface area contributed by atoms with E-state index in [0.29, 0.717) is 17.8 Å². The molecule has 1 aromatic carbocycles. The van der Waals surface area contributed by atoms with Crippen LogP contribution in [-0.2, 0) is 17.8 Å². The number of nitrogens with zero attached hydrogens (tertiary/aromatic N) is 2. The van der Waals surface area contributed by atoms with Gasteiger partial charge in [-0.15, -0.1) is 0 Å². The maximum atomic E-state index is 10.7. The van der Waals surface area contributed by atoms with E-state index in [1.807, 2.05) is 12.1 Å². The Kier molecular flexibility index (Phi) is 3.75. The second kappa shape index (κ2) is 5.48. The van der Waals surface area contributed by atoms with Crippen molar-refractivity contribution in [2.75, 3.05) is 0 Å². The van der Waals surface area contributed by atoms with Crippen LogP contribution in [-0.4, -0.2) is 27.1 Å². The van der Waals surface area contributed by atoms with Crippen LogP contribution in [0.1, 0.15) is 27.2 Å². The summed E-state index contributed by atoms with van der Waals surface area (Å²) in [5.41, 5.74) is 3.07. The number of rotatable bonds is 5. The van der Waals surface area contributed by atoms with Crippen LogP contribution in [0.15, 0.2) is 30.5 Å².